The molecule has 0 aromatic rings. The van der Waals surface area contributed by atoms with E-state index in [9.17, 15) is 9.59 Å². The zero-order chi connectivity index (χ0) is 9.84. The molecule has 5 nitrogen and oxygen atoms in total. The van der Waals surface area contributed by atoms with Crippen molar-refractivity contribution >= 4 is 11.8 Å². The normalized spacial score (nSPS) is 23.9. The molecule has 0 bridgehead atoms. The van der Waals surface area contributed by atoms with Gasteiger partial charge in [0.25, 0.3) is 0 Å². The summed E-state index contributed by atoms with van der Waals surface area (Å²) in [4.78, 5) is 22.0. The monoisotopic (exact) mass is 185 g/mol. The van der Waals surface area contributed by atoms with E-state index in [4.69, 9.17) is 5.73 Å². The molecule has 1 fully saturated rings. The molecule has 0 aromatic carbocycles. The first kappa shape index (κ1) is 9.98. The number of nitrogens with one attached hydrogen (secondary N) is 2. The predicted molar refractivity (Wildman–Crippen MR) is 47.8 cm³/mol. The number of hydrogen-bond donors (Lipinski definition) is 3. The lowest BCUT2D eigenvalue weighted by molar-refractivity contribution is -0.128. The average molecular weight is 185 g/mol. The van der Waals surface area contributed by atoms with Crippen LogP contribution in [0.4, 0.5) is 0 Å². The van der Waals surface area contributed by atoms with Gasteiger partial charge < -0.3 is 16.4 Å². The Morgan fingerprint density at radius 2 is 2.31 bits per heavy atom. The van der Waals surface area contributed by atoms with Crippen LogP contribution in [0.25, 0.3) is 0 Å². The third-order valence-electron chi connectivity index (χ3n) is 2.16. The van der Waals surface area contributed by atoms with E-state index in [2.05, 4.69) is 10.6 Å². The molecule has 13 heavy (non-hydrogen) atoms. The van der Waals surface area contributed by atoms with Crippen LogP contribution < -0.4 is 16.4 Å². The van der Waals surface area contributed by atoms with Crippen molar-refractivity contribution in [3.63, 3.8) is 0 Å². The molecule has 2 atom stereocenters. The third kappa shape index (κ3) is 2.69. The summed E-state index contributed by atoms with van der Waals surface area (Å²) in [6.45, 7) is 2.44. The number of nitrogens with two attached hydrogens (primary N) is 1. The van der Waals surface area contributed by atoms with Crippen molar-refractivity contribution in [3.8, 4) is 0 Å². The summed E-state index contributed by atoms with van der Waals surface area (Å²) in [7, 11) is 0. The van der Waals surface area contributed by atoms with Crippen LogP contribution in [0.1, 0.15) is 19.8 Å². The quantitative estimate of drug-likeness (QED) is 0.512. The summed E-state index contributed by atoms with van der Waals surface area (Å²) < 4.78 is 0. The van der Waals surface area contributed by atoms with E-state index in [1.54, 1.807) is 6.92 Å². The molecule has 4 N–H and O–H groups in total. The lowest BCUT2D eigenvalue weighted by Crippen LogP contribution is -2.48. The van der Waals surface area contributed by atoms with Gasteiger partial charge in [0.2, 0.25) is 11.8 Å². The molecule has 1 saturated heterocycles. The standard InChI is InChI=1S/C8H15N3O2/c1-5(7(9)12)11-8(13)6-3-2-4-10-6/h5-6,10H,2-4H2,1H3,(H2,9,12)(H,11,13)/t5-,6?/m1/s1. The molecule has 0 radical (unpaired) electrons. The second kappa shape index (κ2) is 4.23. The van der Waals surface area contributed by atoms with Gasteiger partial charge in [0.1, 0.15) is 6.04 Å². The number of amides is 2. The van der Waals surface area contributed by atoms with Crippen LogP contribution in [0, 0.1) is 0 Å². The van der Waals surface area contributed by atoms with Crippen molar-refractivity contribution < 1.29 is 9.59 Å². The molecule has 74 valence electrons. The van der Waals surface area contributed by atoms with Crippen molar-refractivity contribution in [2.45, 2.75) is 31.8 Å². The number of primary amides is 1. The fourth-order valence-corrected chi connectivity index (χ4v) is 1.29. The van der Waals surface area contributed by atoms with Crippen LogP contribution >= 0.6 is 0 Å². The van der Waals surface area contributed by atoms with Gasteiger partial charge in [0, 0.05) is 0 Å². The Labute approximate surface area is 77.1 Å². The van der Waals surface area contributed by atoms with Gasteiger partial charge >= 0.3 is 0 Å². The maximum atomic E-state index is 11.4. The Morgan fingerprint density at radius 1 is 1.62 bits per heavy atom. The maximum absolute atomic E-state index is 11.4. The third-order valence-corrected chi connectivity index (χ3v) is 2.16. The molecule has 0 spiro atoms. The van der Waals surface area contributed by atoms with Gasteiger partial charge in [-0.2, -0.15) is 0 Å². The predicted octanol–water partition coefficient (Wildman–Crippen LogP) is -1.27. The Bertz CT molecular complexity index is 211. The average Bonchev–Trinajstić information content (AvgIpc) is 2.55. The summed E-state index contributed by atoms with van der Waals surface area (Å²) in [5, 5.41) is 5.58. The van der Waals surface area contributed by atoms with Gasteiger partial charge in [-0.25, -0.2) is 0 Å². The zero-order valence-electron chi connectivity index (χ0n) is 7.67. The first-order valence-corrected chi connectivity index (χ1v) is 4.44. The van der Waals surface area contributed by atoms with E-state index in [1.807, 2.05) is 0 Å². The Hall–Kier alpha value is -1.10. The van der Waals surface area contributed by atoms with Gasteiger partial charge in [-0.3, -0.25) is 9.59 Å². The maximum Gasteiger partial charge on any atom is 0.239 e. The molecule has 0 aromatic heterocycles. The molecular formula is C8H15N3O2. The van der Waals surface area contributed by atoms with Crippen LogP contribution in [0.2, 0.25) is 0 Å². The number of carbonyl (C=O) groups excluding carboxylic acids is 2. The van der Waals surface area contributed by atoms with Crippen molar-refractivity contribution in [2.24, 2.45) is 5.73 Å². The van der Waals surface area contributed by atoms with Gasteiger partial charge in [-0.15, -0.1) is 0 Å². The summed E-state index contributed by atoms with van der Waals surface area (Å²) in [5.74, 6) is -0.643. The molecule has 0 aliphatic carbocycles. The van der Waals surface area contributed by atoms with E-state index >= 15 is 0 Å². The van der Waals surface area contributed by atoms with Crippen LogP contribution in [0.3, 0.4) is 0 Å². The highest BCUT2D eigenvalue weighted by molar-refractivity contribution is 5.88. The fraction of sp³-hybridized carbons (Fsp3) is 0.750. The molecular weight excluding hydrogens is 170 g/mol. The van der Waals surface area contributed by atoms with E-state index in [1.165, 1.54) is 0 Å². The number of hydrogen-bond acceptors (Lipinski definition) is 3. The first-order chi connectivity index (χ1) is 6.11. The molecule has 1 aliphatic rings. The zero-order valence-corrected chi connectivity index (χ0v) is 7.67. The van der Waals surface area contributed by atoms with Crippen molar-refractivity contribution in [1.82, 2.24) is 10.6 Å². The summed E-state index contributed by atoms with van der Waals surface area (Å²) >= 11 is 0. The molecule has 2 amide bonds. The van der Waals surface area contributed by atoms with E-state index < -0.39 is 11.9 Å². The smallest absolute Gasteiger partial charge is 0.239 e. The molecule has 1 aliphatic heterocycles. The highest BCUT2D eigenvalue weighted by Gasteiger charge is 2.23. The molecule has 5 heteroatoms. The second-order valence-corrected chi connectivity index (χ2v) is 3.28. The Balaban J connectivity index is 2.35. The lowest BCUT2D eigenvalue weighted by atomic mass is 10.2. The topological polar surface area (TPSA) is 84.2 Å². The highest BCUT2D eigenvalue weighted by Crippen LogP contribution is 2.04. The van der Waals surface area contributed by atoms with Crippen LogP contribution in [0.15, 0.2) is 0 Å². The van der Waals surface area contributed by atoms with E-state index in [0.717, 1.165) is 19.4 Å². The van der Waals surface area contributed by atoms with Crippen LogP contribution in [-0.4, -0.2) is 30.4 Å². The highest BCUT2D eigenvalue weighted by atomic mass is 16.2. The first-order valence-electron chi connectivity index (χ1n) is 4.44. The van der Waals surface area contributed by atoms with E-state index in [0.29, 0.717) is 0 Å². The molecule has 1 unspecified atom stereocenters. The fourth-order valence-electron chi connectivity index (χ4n) is 1.29. The number of carbonyl (C=O) groups is 2. The molecule has 1 heterocycles. The van der Waals surface area contributed by atoms with Gasteiger partial charge in [-0.05, 0) is 26.3 Å². The van der Waals surface area contributed by atoms with Gasteiger partial charge in [-0.1, -0.05) is 0 Å². The molecule has 0 saturated carbocycles. The molecule has 1 rings (SSSR count). The summed E-state index contributed by atoms with van der Waals surface area (Å²) in [5.41, 5.74) is 5.01. The Morgan fingerprint density at radius 3 is 2.77 bits per heavy atom. The second-order valence-electron chi connectivity index (χ2n) is 3.28. The van der Waals surface area contributed by atoms with E-state index in [-0.39, 0.29) is 11.9 Å². The van der Waals surface area contributed by atoms with Crippen molar-refractivity contribution in [2.75, 3.05) is 6.54 Å². The largest absolute Gasteiger partial charge is 0.368 e. The summed E-state index contributed by atoms with van der Waals surface area (Å²) in [6, 6.07) is -0.739. The van der Waals surface area contributed by atoms with Crippen molar-refractivity contribution in [3.05, 3.63) is 0 Å². The minimum absolute atomic E-state index is 0.135. The SMILES string of the molecule is C[C@@H](NC(=O)C1CCCN1)C(N)=O. The van der Waals surface area contributed by atoms with Crippen LogP contribution in [-0.2, 0) is 9.59 Å². The summed E-state index contributed by atoms with van der Waals surface area (Å²) in [6.07, 6.45) is 1.83. The van der Waals surface area contributed by atoms with Crippen molar-refractivity contribution in [1.29, 1.82) is 0 Å². The minimum atomic E-state index is -0.588. The number of rotatable bonds is 3. The minimum Gasteiger partial charge on any atom is -0.368 e. The van der Waals surface area contributed by atoms with Gasteiger partial charge in [0.15, 0.2) is 0 Å². The van der Waals surface area contributed by atoms with Gasteiger partial charge in [0.05, 0.1) is 6.04 Å². The van der Waals surface area contributed by atoms with Crippen LogP contribution in [0.5, 0.6) is 0 Å². The lowest BCUT2D eigenvalue weighted by Gasteiger charge is -2.14. The Kier molecular flexibility index (Phi) is 3.25.